The van der Waals surface area contributed by atoms with Gasteiger partial charge < -0.3 is 10.1 Å². The summed E-state index contributed by atoms with van der Waals surface area (Å²) in [6, 6.07) is 17.4. The van der Waals surface area contributed by atoms with Crippen molar-refractivity contribution in [3.8, 4) is 0 Å². The number of sulfonamides is 1. The summed E-state index contributed by atoms with van der Waals surface area (Å²) in [6.07, 6.45) is 1.90. The molecule has 0 bridgehead atoms. The zero-order valence-corrected chi connectivity index (χ0v) is 18.8. The fraction of sp³-hybridized carbons (Fsp3) is 0.435. The SMILES string of the molecule is CC(C)c1ccccc1N(CCCC(=O)NCCOCc1ccccc1)S(C)(=O)=O. The monoisotopic (exact) mass is 432 g/mol. The maximum Gasteiger partial charge on any atom is 0.232 e. The average molecular weight is 433 g/mol. The minimum atomic E-state index is -3.44. The lowest BCUT2D eigenvalue weighted by Crippen LogP contribution is -2.33. The van der Waals surface area contributed by atoms with Gasteiger partial charge in [0.25, 0.3) is 0 Å². The number of anilines is 1. The van der Waals surface area contributed by atoms with Crippen LogP contribution in [-0.2, 0) is 26.2 Å². The summed E-state index contributed by atoms with van der Waals surface area (Å²) >= 11 is 0. The van der Waals surface area contributed by atoms with Crippen molar-refractivity contribution in [3.63, 3.8) is 0 Å². The molecule has 7 heteroatoms. The lowest BCUT2D eigenvalue weighted by molar-refractivity contribution is -0.121. The Labute approximate surface area is 180 Å². The molecule has 0 heterocycles. The molecule has 0 aliphatic heterocycles. The molecule has 0 radical (unpaired) electrons. The third-order valence-corrected chi connectivity index (χ3v) is 5.85. The molecule has 164 valence electrons. The number of rotatable bonds is 12. The minimum Gasteiger partial charge on any atom is -0.375 e. The first kappa shape index (κ1) is 23.9. The second-order valence-corrected chi connectivity index (χ2v) is 9.45. The Bertz CT molecular complexity index is 898. The van der Waals surface area contributed by atoms with Gasteiger partial charge in [0.15, 0.2) is 0 Å². The highest BCUT2D eigenvalue weighted by atomic mass is 32.2. The number of hydrogen-bond donors (Lipinski definition) is 1. The summed E-state index contributed by atoms with van der Waals surface area (Å²) < 4.78 is 31.7. The molecule has 0 aliphatic carbocycles. The van der Waals surface area contributed by atoms with Crippen LogP contribution in [0.3, 0.4) is 0 Å². The van der Waals surface area contributed by atoms with Crippen LogP contribution in [0.25, 0.3) is 0 Å². The van der Waals surface area contributed by atoms with Crippen molar-refractivity contribution in [2.24, 2.45) is 0 Å². The van der Waals surface area contributed by atoms with E-state index in [4.69, 9.17) is 4.74 Å². The number of ether oxygens (including phenoxy) is 1. The van der Waals surface area contributed by atoms with E-state index < -0.39 is 10.0 Å². The van der Waals surface area contributed by atoms with Gasteiger partial charge >= 0.3 is 0 Å². The maximum absolute atomic E-state index is 12.4. The first-order chi connectivity index (χ1) is 14.3. The van der Waals surface area contributed by atoms with Gasteiger partial charge in [-0.25, -0.2) is 8.42 Å². The van der Waals surface area contributed by atoms with E-state index in [0.29, 0.717) is 31.9 Å². The summed E-state index contributed by atoms with van der Waals surface area (Å²) in [4.78, 5) is 12.1. The van der Waals surface area contributed by atoms with E-state index in [1.54, 1.807) is 0 Å². The number of amides is 1. The van der Waals surface area contributed by atoms with Crippen molar-refractivity contribution in [2.45, 2.75) is 39.2 Å². The predicted octanol–water partition coefficient (Wildman–Crippen LogP) is 3.69. The summed E-state index contributed by atoms with van der Waals surface area (Å²) in [6.45, 7) is 5.70. The largest absolute Gasteiger partial charge is 0.375 e. The molecule has 0 spiro atoms. The molecule has 2 aromatic carbocycles. The Morgan fingerprint density at radius 3 is 2.40 bits per heavy atom. The Hall–Kier alpha value is -2.38. The zero-order chi connectivity index (χ0) is 22.0. The first-order valence-electron chi connectivity index (χ1n) is 10.2. The van der Waals surface area contributed by atoms with Crippen molar-refractivity contribution in [3.05, 3.63) is 65.7 Å². The van der Waals surface area contributed by atoms with Crippen LogP contribution in [0.5, 0.6) is 0 Å². The van der Waals surface area contributed by atoms with Crippen LogP contribution >= 0.6 is 0 Å². The quantitative estimate of drug-likeness (QED) is 0.519. The Morgan fingerprint density at radius 1 is 1.07 bits per heavy atom. The molecule has 2 aromatic rings. The number of carbonyl (C=O) groups excluding carboxylic acids is 1. The third-order valence-electron chi connectivity index (χ3n) is 4.67. The molecular weight excluding hydrogens is 400 g/mol. The molecule has 0 aliphatic rings. The van der Waals surface area contributed by atoms with Crippen LogP contribution in [0.2, 0.25) is 0 Å². The highest BCUT2D eigenvalue weighted by molar-refractivity contribution is 7.92. The summed E-state index contributed by atoms with van der Waals surface area (Å²) in [5.41, 5.74) is 2.75. The number of nitrogens with zero attached hydrogens (tertiary/aromatic N) is 1. The predicted molar refractivity (Wildman–Crippen MR) is 121 cm³/mol. The van der Waals surface area contributed by atoms with Crippen LogP contribution in [0.1, 0.15) is 43.7 Å². The highest BCUT2D eigenvalue weighted by Gasteiger charge is 2.21. The Kier molecular flexibility index (Phi) is 9.33. The molecule has 0 saturated heterocycles. The van der Waals surface area contributed by atoms with E-state index in [2.05, 4.69) is 5.32 Å². The topological polar surface area (TPSA) is 75.7 Å². The summed E-state index contributed by atoms with van der Waals surface area (Å²) in [7, 11) is -3.44. The number of benzene rings is 2. The van der Waals surface area contributed by atoms with E-state index in [1.165, 1.54) is 10.6 Å². The van der Waals surface area contributed by atoms with Crippen LogP contribution in [0, 0.1) is 0 Å². The summed E-state index contributed by atoms with van der Waals surface area (Å²) in [5.74, 6) is 0.0912. The van der Waals surface area contributed by atoms with Crippen molar-refractivity contribution < 1.29 is 17.9 Å². The van der Waals surface area contributed by atoms with E-state index in [9.17, 15) is 13.2 Å². The molecule has 0 aromatic heterocycles. The van der Waals surface area contributed by atoms with E-state index in [-0.39, 0.29) is 24.8 Å². The molecule has 6 nitrogen and oxygen atoms in total. The lowest BCUT2D eigenvalue weighted by atomic mass is 10.0. The second-order valence-electron chi connectivity index (χ2n) is 7.54. The smallest absolute Gasteiger partial charge is 0.232 e. The third kappa shape index (κ3) is 7.80. The second kappa shape index (κ2) is 11.7. The van der Waals surface area contributed by atoms with Crippen molar-refractivity contribution in [2.75, 3.05) is 30.3 Å². The highest BCUT2D eigenvalue weighted by Crippen LogP contribution is 2.29. The maximum atomic E-state index is 12.4. The molecule has 0 fully saturated rings. The van der Waals surface area contributed by atoms with Crippen molar-refractivity contribution in [1.82, 2.24) is 5.32 Å². The molecule has 0 saturated carbocycles. The van der Waals surface area contributed by atoms with Crippen LogP contribution in [-0.4, -0.2) is 40.3 Å². The van der Waals surface area contributed by atoms with Gasteiger partial charge in [-0.05, 0) is 29.5 Å². The number of para-hydroxylation sites is 1. The van der Waals surface area contributed by atoms with E-state index in [0.717, 1.165) is 11.1 Å². The number of hydrogen-bond acceptors (Lipinski definition) is 4. The van der Waals surface area contributed by atoms with Crippen molar-refractivity contribution >= 4 is 21.6 Å². The Balaban J connectivity index is 1.78. The van der Waals surface area contributed by atoms with Gasteiger partial charge in [0, 0.05) is 19.5 Å². The molecule has 1 amide bonds. The molecular formula is C23H32N2O4S. The van der Waals surface area contributed by atoms with Crippen LogP contribution < -0.4 is 9.62 Å². The van der Waals surface area contributed by atoms with Gasteiger partial charge in [-0.3, -0.25) is 9.10 Å². The summed E-state index contributed by atoms with van der Waals surface area (Å²) in [5, 5.41) is 2.82. The van der Waals surface area contributed by atoms with Gasteiger partial charge in [0.1, 0.15) is 0 Å². The Morgan fingerprint density at radius 2 is 1.73 bits per heavy atom. The number of carbonyl (C=O) groups is 1. The molecule has 0 unspecified atom stereocenters. The van der Waals surface area contributed by atoms with E-state index in [1.807, 2.05) is 68.4 Å². The minimum absolute atomic E-state index is 0.107. The lowest BCUT2D eigenvalue weighted by Gasteiger charge is -2.26. The average Bonchev–Trinajstić information content (AvgIpc) is 2.71. The van der Waals surface area contributed by atoms with Crippen molar-refractivity contribution in [1.29, 1.82) is 0 Å². The molecule has 0 atom stereocenters. The van der Waals surface area contributed by atoms with Gasteiger partial charge in [0.2, 0.25) is 15.9 Å². The number of nitrogens with one attached hydrogen (secondary N) is 1. The van der Waals surface area contributed by atoms with Gasteiger partial charge in [-0.2, -0.15) is 0 Å². The fourth-order valence-electron chi connectivity index (χ4n) is 3.17. The van der Waals surface area contributed by atoms with Crippen LogP contribution in [0.4, 0.5) is 5.69 Å². The van der Waals surface area contributed by atoms with Crippen LogP contribution in [0.15, 0.2) is 54.6 Å². The van der Waals surface area contributed by atoms with Gasteiger partial charge in [-0.15, -0.1) is 0 Å². The standard InChI is InChI=1S/C23H32N2O4S/c1-19(2)21-12-7-8-13-22(21)25(30(3,27)28)16-9-14-23(26)24-15-17-29-18-20-10-5-4-6-11-20/h4-8,10-13,19H,9,14-18H2,1-3H3,(H,24,26). The first-order valence-corrected chi connectivity index (χ1v) is 12.1. The molecule has 1 N–H and O–H groups in total. The molecule has 30 heavy (non-hydrogen) atoms. The fourth-order valence-corrected chi connectivity index (χ4v) is 4.15. The zero-order valence-electron chi connectivity index (χ0n) is 18.0. The van der Waals surface area contributed by atoms with E-state index >= 15 is 0 Å². The van der Waals surface area contributed by atoms with Gasteiger partial charge in [-0.1, -0.05) is 62.4 Å². The van der Waals surface area contributed by atoms with Gasteiger partial charge in [0.05, 0.1) is 25.2 Å². The normalized spacial score (nSPS) is 11.5. The molecule has 2 rings (SSSR count).